The third kappa shape index (κ3) is 1.79. The lowest BCUT2D eigenvalue weighted by Gasteiger charge is -2.00. The Morgan fingerprint density at radius 2 is 2.50 bits per heavy atom. The number of hydrogen-bond acceptors (Lipinski definition) is 3. The van der Waals surface area contributed by atoms with Crippen LogP contribution >= 0.6 is 0 Å². The van der Waals surface area contributed by atoms with Crippen molar-refractivity contribution in [3.05, 3.63) is 29.6 Å². The Labute approximate surface area is 70.8 Å². The minimum absolute atomic E-state index is 0.190. The predicted octanol–water partition coefficient (Wildman–Crippen LogP) is -0.100. The summed E-state index contributed by atoms with van der Waals surface area (Å²) in [6.45, 7) is 0.423. The SMILES string of the molecule is CNC(=O)c1cc(CN)ccn1. The summed E-state index contributed by atoms with van der Waals surface area (Å²) < 4.78 is 0. The average molecular weight is 165 g/mol. The molecule has 0 aliphatic carbocycles. The van der Waals surface area contributed by atoms with Crippen molar-refractivity contribution in [2.24, 2.45) is 5.73 Å². The van der Waals surface area contributed by atoms with E-state index in [1.54, 1.807) is 25.4 Å². The Balaban J connectivity index is 2.93. The second-order valence-electron chi connectivity index (χ2n) is 2.33. The summed E-state index contributed by atoms with van der Waals surface area (Å²) >= 11 is 0. The van der Waals surface area contributed by atoms with E-state index in [9.17, 15) is 4.79 Å². The number of carbonyl (C=O) groups is 1. The maximum atomic E-state index is 11.1. The van der Waals surface area contributed by atoms with Crippen molar-refractivity contribution >= 4 is 5.91 Å². The zero-order valence-electron chi connectivity index (χ0n) is 6.87. The van der Waals surface area contributed by atoms with Crippen molar-refractivity contribution in [3.8, 4) is 0 Å². The third-order valence-corrected chi connectivity index (χ3v) is 1.52. The van der Waals surface area contributed by atoms with Gasteiger partial charge in [0.1, 0.15) is 5.69 Å². The van der Waals surface area contributed by atoms with E-state index >= 15 is 0 Å². The van der Waals surface area contributed by atoms with Gasteiger partial charge in [-0.05, 0) is 17.7 Å². The molecule has 3 N–H and O–H groups in total. The highest BCUT2D eigenvalue weighted by atomic mass is 16.1. The van der Waals surface area contributed by atoms with Crippen LogP contribution < -0.4 is 11.1 Å². The van der Waals surface area contributed by atoms with Gasteiger partial charge in [0.05, 0.1) is 0 Å². The average Bonchev–Trinajstić information content (AvgIpc) is 2.17. The first-order valence-electron chi connectivity index (χ1n) is 3.65. The van der Waals surface area contributed by atoms with Gasteiger partial charge in [-0.1, -0.05) is 0 Å². The second-order valence-corrected chi connectivity index (χ2v) is 2.33. The molecule has 0 fully saturated rings. The van der Waals surface area contributed by atoms with Crippen LogP contribution in [0.15, 0.2) is 18.3 Å². The fraction of sp³-hybridized carbons (Fsp3) is 0.250. The fourth-order valence-corrected chi connectivity index (χ4v) is 0.854. The number of nitrogens with two attached hydrogens (primary N) is 1. The van der Waals surface area contributed by atoms with Crippen molar-refractivity contribution in [2.45, 2.75) is 6.54 Å². The highest BCUT2D eigenvalue weighted by molar-refractivity contribution is 5.92. The summed E-state index contributed by atoms with van der Waals surface area (Å²) in [5, 5.41) is 2.49. The molecular formula is C8H11N3O. The minimum Gasteiger partial charge on any atom is -0.354 e. The molecule has 1 amide bonds. The van der Waals surface area contributed by atoms with E-state index in [-0.39, 0.29) is 5.91 Å². The minimum atomic E-state index is -0.190. The Bertz CT molecular complexity index is 285. The van der Waals surface area contributed by atoms with Crippen molar-refractivity contribution < 1.29 is 4.79 Å². The van der Waals surface area contributed by atoms with Crippen LogP contribution in [-0.4, -0.2) is 17.9 Å². The lowest BCUT2D eigenvalue weighted by Crippen LogP contribution is -2.19. The first kappa shape index (κ1) is 8.67. The topological polar surface area (TPSA) is 68.0 Å². The molecule has 0 bridgehead atoms. The zero-order chi connectivity index (χ0) is 8.97. The normalized spacial score (nSPS) is 9.50. The molecule has 1 aromatic rings. The molecule has 4 heteroatoms. The van der Waals surface area contributed by atoms with Crippen LogP contribution in [0.5, 0.6) is 0 Å². The molecule has 0 aliphatic heterocycles. The van der Waals surface area contributed by atoms with Gasteiger partial charge < -0.3 is 11.1 Å². The van der Waals surface area contributed by atoms with E-state index in [0.717, 1.165) is 5.56 Å². The largest absolute Gasteiger partial charge is 0.354 e. The van der Waals surface area contributed by atoms with Crippen LogP contribution in [0.25, 0.3) is 0 Å². The summed E-state index contributed by atoms with van der Waals surface area (Å²) in [5.74, 6) is -0.190. The van der Waals surface area contributed by atoms with Crippen molar-refractivity contribution in [2.75, 3.05) is 7.05 Å². The monoisotopic (exact) mass is 165 g/mol. The Kier molecular flexibility index (Phi) is 2.76. The summed E-state index contributed by atoms with van der Waals surface area (Å²) in [7, 11) is 1.57. The molecule has 1 rings (SSSR count). The molecule has 0 unspecified atom stereocenters. The maximum Gasteiger partial charge on any atom is 0.269 e. The summed E-state index contributed by atoms with van der Waals surface area (Å²) in [6.07, 6.45) is 1.58. The zero-order valence-corrected chi connectivity index (χ0v) is 6.87. The van der Waals surface area contributed by atoms with Crippen LogP contribution in [0.4, 0.5) is 0 Å². The molecule has 0 aromatic carbocycles. The molecular weight excluding hydrogens is 154 g/mol. The van der Waals surface area contributed by atoms with Gasteiger partial charge in [0.2, 0.25) is 0 Å². The standard InChI is InChI=1S/C8H11N3O/c1-10-8(12)7-4-6(5-9)2-3-11-7/h2-4H,5,9H2,1H3,(H,10,12). The Morgan fingerprint density at radius 1 is 1.75 bits per heavy atom. The highest BCUT2D eigenvalue weighted by Crippen LogP contribution is 1.99. The van der Waals surface area contributed by atoms with Crippen LogP contribution in [0.3, 0.4) is 0 Å². The number of rotatable bonds is 2. The quantitative estimate of drug-likeness (QED) is 0.643. The molecule has 12 heavy (non-hydrogen) atoms. The Morgan fingerprint density at radius 3 is 3.08 bits per heavy atom. The van der Waals surface area contributed by atoms with Gasteiger partial charge in [-0.3, -0.25) is 9.78 Å². The molecule has 0 saturated carbocycles. The van der Waals surface area contributed by atoms with Crippen molar-refractivity contribution in [3.63, 3.8) is 0 Å². The summed E-state index contributed by atoms with van der Waals surface area (Å²) in [4.78, 5) is 15.0. The number of carbonyl (C=O) groups excluding carboxylic acids is 1. The number of pyridine rings is 1. The molecule has 1 heterocycles. The van der Waals surface area contributed by atoms with Gasteiger partial charge >= 0.3 is 0 Å². The maximum absolute atomic E-state index is 11.1. The number of aromatic nitrogens is 1. The van der Waals surface area contributed by atoms with Gasteiger partial charge in [0.15, 0.2) is 0 Å². The molecule has 0 atom stereocenters. The first-order valence-corrected chi connectivity index (χ1v) is 3.65. The number of hydrogen-bond donors (Lipinski definition) is 2. The molecule has 0 spiro atoms. The van der Waals surface area contributed by atoms with E-state index < -0.39 is 0 Å². The van der Waals surface area contributed by atoms with E-state index in [0.29, 0.717) is 12.2 Å². The van der Waals surface area contributed by atoms with Crippen molar-refractivity contribution in [1.29, 1.82) is 0 Å². The predicted molar refractivity (Wildman–Crippen MR) is 45.5 cm³/mol. The van der Waals surface area contributed by atoms with E-state index in [2.05, 4.69) is 10.3 Å². The van der Waals surface area contributed by atoms with Gasteiger partial charge in [-0.2, -0.15) is 0 Å². The second kappa shape index (κ2) is 3.82. The van der Waals surface area contributed by atoms with E-state index in [1.165, 1.54) is 0 Å². The van der Waals surface area contributed by atoms with Crippen molar-refractivity contribution in [1.82, 2.24) is 10.3 Å². The molecule has 4 nitrogen and oxygen atoms in total. The van der Waals surface area contributed by atoms with Gasteiger partial charge in [-0.25, -0.2) is 0 Å². The van der Waals surface area contributed by atoms with Gasteiger partial charge in [0.25, 0.3) is 5.91 Å². The van der Waals surface area contributed by atoms with E-state index in [1.807, 2.05) is 0 Å². The van der Waals surface area contributed by atoms with E-state index in [4.69, 9.17) is 5.73 Å². The molecule has 1 aromatic heterocycles. The van der Waals surface area contributed by atoms with Crippen LogP contribution in [0.1, 0.15) is 16.1 Å². The summed E-state index contributed by atoms with van der Waals surface area (Å²) in [6, 6.07) is 3.46. The number of amides is 1. The molecule has 64 valence electrons. The van der Waals surface area contributed by atoms with Crippen LogP contribution in [-0.2, 0) is 6.54 Å². The molecule has 0 aliphatic rings. The molecule has 0 saturated heterocycles. The smallest absolute Gasteiger partial charge is 0.269 e. The number of nitrogens with one attached hydrogen (secondary N) is 1. The third-order valence-electron chi connectivity index (χ3n) is 1.52. The Hall–Kier alpha value is -1.42. The fourth-order valence-electron chi connectivity index (χ4n) is 0.854. The van der Waals surface area contributed by atoms with Gasteiger partial charge in [0, 0.05) is 19.8 Å². The first-order chi connectivity index (χ1) is 5.77. The van der Waals surface area contributed by atoms with Crippen LogP contribution in [0.2, 0.25) is 0 Å². The number of nitrogens with zero attached hydrogens (tertiary/aromatic N) is 1. The van der Waals surface area contributed by atoms with Gasteiger partial charge in [-0.15, -0.1) is 0 Å². The lowest BCUT2D eigenvalue weighted by molar-refractivity contribution is 0.0958. The highest BCUT2D eigenvalue weighted by Gasteiger charge is 2.03. The van der Waals surface area contributed by atoms with Crippen LogP contribution in [0, 0.1) is 0 Å². The lowest BCUT2D eigenvalue weighted by atomic mass is 10.2. The summed E-state index contributed by atoms with van der Waals surface area (Å²) in [5.41, 5.74) is 6.71. The molecule has 0 radical (unpaired) electrons.